The molecule has 0 bridgehead atoms. The molecule has 2 rings (SSSR count). The predicted molar refractivity (Wildman–Crippen MR) is 75.3 cm³/mol. The highest BCUT2D eigenvalue weighted by atomic mass is 79.9. The minimum absolute atomic E-state index is 0.222. The third-order valence-electron chi connectivity index (χ3n) is 2.42. The summed E-state index contributed by atoms with van der Waals surface area (Å²) in [7, 11) is 0. The maximum Gasteiger partial charge on any atom is 0.323 e. The van der Waals surface area contributed by atoms with Crippen molar-refractivity contribution in [2.45, 2.75) is 13.1 Å². The minimum atomic E-state index is -0.979. The maximum atomic E-state index is 12.0. The number of amides is 1. The number of nitrogens with one attached hydrogen (secondary N) is 1. The van der Waals surface area contributed by atoms with Gasteiger partial charge in [0.15, 0.2) is 0 Å². The first-order chi connectivity index (χ1) is 9.06. The SMILES string of the molecule is O=C(O)Cn1cccc1C(=O)NCc1ccc(Br)s1. The number of aromatic nitrogens is 1. The molecular weight excluding hydrogens is 332 g/mol. The number of carbonyl (C=O) groups excluding carboxylic acids is 1. The molecular formula is C12H11BrN2O3S. The second kappa shape index (κ2) is 6.03. The van der Waals surface area contributed by atoms with E-state index in [0.717, 1.165) is 8.66 Å². The molecule has 19 heavy (non-hydrogen) atoms. The Morgan fingerprint density at radius 1 is 1.37 bits per heavy atom. The van der Waals surface area contributed by atoms with Crippen LogP contribution in [0.15, 0.2) is 34.2 Å². The average molecular weight is 343 g/mol. The van der Waals surface area contributed by atoms with Crippen LogP contribution in [0, 0.1) is 0 Å². The second-order valence-corrected chi connectivity index (χ2v) is 6.35. The summed E-state index contributed by atoms with van der Waals surface area (Å²) in [6, 6.07) is 7.09. The van der Waals surface area contributed by atoms with E-state index >= 15 is 0 Å². The molecule has 100 valence electrons. The normalized spacial score (nSPS) is 10.4. The first-order valence-electron chi connectivity index (χ1n) is 5.45. The lowest BCUT2D eigenvalue weighted by Crippen LogP contribution is -2.26. The van der Waals surface area contributed by atoms with Crippen LogP contribution >= 0.6 is 27.3 Å². The zero-order valence-electron chi connectivity index (χ0n) is 9.80. The van der Waals surface area contributed by atoms with Crippen LogP contribution in [0.3, 0.4) is 0 Å². The van der Waals surface area contributed by atoms with Gasteiger partial charge < -0.3 is 15.0 Å². The molecule has 0 saturated carbocycles. The quantitative estimate of drug-likeness (QED) is 0.875. The number of rotatable bonds is 5. The van der Waals surface area contributed by atoms with Crippen molar-refractivity contribution in [3.63, 3.8) is 0 Å². The third kappa shape index (κ3) is 3.68. The van der Waals surface area contributed by atoms with E-state index in [0.29, 0.717) is 12.2 Å². The van der Waals surface area contributed by atoms with Crippen LogP contribution < -0.4 is 5.32 Å². The predicted octanol–water partition coefficient (Wildman–Crippen LogP) is 2.33. The van der Waals surface area contributed by atoms with E-state index in [1.807, 2.05) is 12.1 Å². The number of carbonyl (C=O) groups is 2. The Labute approximate surface area is 122 Å². The lowest BCUT2D eigenvalue weighted by atomic mass is 10.3. The Kier molecular flexibility index (Phi) is 4.39. The zero-order chi connectivity index (χ0) is 13.8. The zero-order valence-corrected chi connectivity index (χ0v) is 12.2. The lowest BCUT2D eigenvalue weighted by molar-refractivity contribution is -0.137. The van der Waals surface area contributed by atoms with Crippen molar-refractivity contribution in [1.29, 1.82) is 0 Å². The molecule has 1 amide bonds. The van der Waals surface area contributed by atoms with Crippen molar-refractivity contribution in [2.75, 3.05) is 0 Å². The topological polar surface area (TPSA) is 71.3 Å². The number of hydrogen-bond acceptors (Lipinski definition) is 3. The molecule has 2 heterocycles. The van der Waals surface area contributed by atoms with E-state index in [1.54, 1.807) is 29.7 Å². The fraction of sp³-hybridized carbons (Fsp3) is 0.167. The van der Waals surface area contributed by atoms with Crippen molar-refractivity contribution >= 4 is 39.1 Å². The smallest absolute Gasteiger partial charge is 0.323 e. The highest BCUT2D eigenvalue weighted by Crippen LogP contribution is 2.21. The summed E-state index contributed by atoms with van der Waals surface area (Å²) in [5.74, 6) is -1.26. The van der Waals surface area contributed by atoms with Gasteiger partial charge in [-0.15, -0.1) is 11.3 Å². The van der Waals surface area contributed by atoms with Crippen molar-refractivity contribution in [2.24, 2.45) is 0 Å². The van der Waals surface area contributed by atoms with Gasteiger partial charge in [0.2, 0.25) is 0 Å². The van der Waals surface area contributed by atoms with E-state index < -0.39 is 5.97 Å². The number of thiophene rings is 1. The van der Waals surface area contributed by atoms with Gasteiger partial charge in [-0.25, -0.2) is 0 Å². The Morgan fingerprint density at radius 3 is 2.79 bits per heavy atom. The van der Waals surface area contributed by atoms with E-state index in [2.05, 4.69) is 21.2 Å². The lowest BCUT2D eigenvalue weighted by Gasteiger charge is -2.07. The number of carboxylic acids is 1. The summed E-state index contributed by atoms with van der Waals surface area (Å²) in [4.78, 5) is 23.6. The molecule has 2 aromatic heterocycles. The molecule has 0 aromatic carbocycles. The summed E-state index contributed by atoms with van der Waals surface area (Å²) in [5.41, 5.74) is 0.345. The van der Waals surface area contributed by atoms with Gasteiger partial charge in [-0.2, -0.15) is 0 Å². The molecule has 0 aliphatic carbocycles. The molecule has 2 aromatic rings. The number of carboxylic acid groups (broad SMARTS) is 1. The number of halogens is 1. The first-order valence-corrected chi connectivity index (χ1v) is 7.06. The Bertz CT molecular complexity index is 606. The van der Waals surface area contributed by atoms with Crippen LogP contribution in [0.5, 0.6) is 0 Å². The van der Waals surface area contributed by atoms with Crippen LogP contribution in [0.1, 0.15) is 15.4 Å². The molecule has 0 aliphatic heterocycles. The van der Waals surface area contributed by atoms with Gasteiger partial charge in [0.05, 0.1) is 10.3 Å². The van der Waals surface area contributed by atoms with Crippen LogP contribution in [-0.4, -0.2) is 21.6 Å². The van der Waals surface area contributed by atoms with E-state index in [4.69, 9.17) is 5.11 Å². The van der Waals surface area contributed by atoms with Crippen molar-refractivity contribution in [1.82, 2.24) is 9.88 Å². The third-order valence-corrected chi connectivity index (χ3v) is 4.04. The summed E-state index contributed by atoms with van der Waals surface area (Å²) in [5, 5.41) is 11.5. The van der Waals surface area contributed by atoms with Crippen molar-refractivity contribution in [3.05, 3.63) is 44.8 Å². The molecule has 0 radical (unpaired) electrons. The highest BCUT2D eigenvalue weighted by molar-refractivity contribution is 9.11. The Balaban J connectivity index is 2.00. The van der Waals surface area contributed by atoms with Gasteiger partial charge in [0.1, 0.15) is 12.2 Å². The molecule has 5 nitrogen and oxygen atoms in total. The van der Waals surface area contributed by atoms with Gasteiger partial charge >= 0.3 is 5.97 Å². The number of aliphatic carboxylic acids is 1. The average Bonchev–Trinajstić information content (AvgIpc) is 2.94. The summed E-state index contributed by atoms with van der Waals surface area (Å²) >= 11 is 4.90. The molecule has 0 aliphatic rings. The second-order valence-electron chi connectivity index (χ2n) is 3.80. The summed E-state index contributed by atoms with van der Waals surface area (Å²) < 4.78 is 2.41. The largest absolute Gasteiger partial charge is 0.480 e. The number of nitrogens with zero attached hydrogens (tertiary/aromatic N) is 1. The van der Waals surface area contributed by atoms with Crippen LogP contribution in [0.2, 0.25) is 0 Å². The van der Waals surface area contributed by atoms with Crippen LogP contribution in [0.4, 0.5) is 0 Å². The summed E-state index contributed by atoms with van der Waals surface area (Å²) in [6.45, 7) is 0.202. The van der Waals surface area contributed by atoms with E-state index in [1.165, 1.54) is 4.57 Å². The Morgan fingerprint density at radius 2 is 2.16 bits per heavy atom. The maximum absolute atomic E-state index is 12.0. The molecule has 7 heteroatoms. The molecule has 2 N–H and O–H groups in total. The first kappa shape index (κ1) is 13.8. The minimum Gasteiger partial charge on any atom is -0.480 e. The van der Waals surface area contributed by atoms with Gasteiger partial charge in [-0.3, -0.25) is 9.59 Å². The standard InChI is InChI=1S/C12H11BrN2O3S/c13-10-4-3-8(19-10)6-14-12(18)9-2-1-5-15(9)7-11(16)17/h1-5H,6-7H2,(H,14,18)(H,16,17). The monoisotopic (exact) mass is 342 g/mol. The molecule has 0 unspecified atom stereocenters. The van der Waals surface area contributed by atoms with E-state index in [9.17, 15) is 9.59 Å². The fourth-order valence-corrected chi connectivity index (χ4v) is 3.03. The highest BCUT2D eigenvalue weighted by Gasteiger charge is 2.12. The number of hydrogen-bond donors (Lipinski definition) is 2. The molecule has 0 atom stereocenters. The molecule has 0 fully saturated rings. The molecule has 0 saturated heterocycles. The van der Waals surface area contributed by atoms with Gasteiger partial charge in [0.25, 0.3) is 5.91 Å². The van der Waals surface area contributed by atoms with Crippen molar-refractivity contribution in [3.8, 4) is 0 Å². The fourth-order valence-electron chi connectivity index (χ4n) is 1.61. The molecule has 0 spiro atoms. The summed E-state index contributed by atoms with van der Waals surface area (Å²) in [6.07, 6.45) is 1.57. The Hall–Kier alpha value is -1.60. The van der Waals surface area contributed by atoms with Gasteiger partial charge in [-0.05, 0) is 40.2 Å². The van der Waals surface area contributed by atoms with Crippen LogP contribution in [0.25, 0.3) is 0 Å². The van der Waals surface area contributed by atoms with Crippen molar-refractivity contribution < 1.29 is 14.7 Å². The van der Waals surface area contributed by atoms with Gasteiger partial charge in [0, 0.05) is 11.1 Å². The van der Waals surface area contributed by atoms with Gasteiger partial charge in [-0.1, -0.05) is 0 Å². The van der Waals surface area contributed by atoms with E-state index in [-0.39, 0.29) is 12.5 Å². The van der Waals surface area contributed by atoms with Crippen LogP contribution in [-0.2, 0) is 17.9 Å².